The molecule has 0 radical (unpaired) electrons. The highest BCUT2D eigenvalue weighted by atomic mass is 14.5. The van der Waals surface area contributed by atoms with E-state index < -0.39 is 0 Å². The molecule has 25 heavy (non-hydrogen) atoms. The monoisotopic (exact) mass is 356 g/mol. The zero-order valence-electron chi connectivity index (χ0n) is 18.0. The van der Waals surface area contributed by atoms with Gasteiger partial charge in [0.25, 0.3) is 0 Å². The molecule has 0 bridgehead atoms. The van der Waals surface area contributed by atoms with Gasteiger partial charge in [-0.05, 0) is 25.9 Å². The van der Waals surface area contributed by atoms with Crippen LogP contribution in [0.2, 0.25) is 0 Å². The van der Waals surface area contributed by atoms with Crippen LogP contribution in [0.15, 0.2) is 0 Å². The lowest BCUT2D eigenvalue weighted by atomic mass is 10.0. The van der Waals surface area contributed by atoms with E-state index in [2.05, 4.69) is 13.8 Å². The zero-order valence-corrected chi connectivity index (χ0v) is 18.0. The van der Waals surface area contributed by atoms with Gasteiger partial charge in [-0.1, -0.05) is 123 Å². The highest BCUT2D eigenvalue weighted by molar-refractivity contribution is 4.50. The average Bonchev–Trinajstić information content (AvgIpc) is 2.64. The Hall–Kier alpha value is -0.0800. The molecule has 0 saturated heterocycles. The molecule has 0 aromatic rings. The molecule has 154 valence electrons. The van der Waals surface area contributed by atoms with E-state index in [1.54, 1.807) is 0 Å². The summed E-state index contributed by atoms with van der Waals surface area (Å²) in [7, 11) is 0. The molecule has 2 heteroatoms. The van der Waals surface area contributed by atoms with E-state index in [4.69, 9.17) is 11.5 Å². The van der Waals surface area contributed by atoms with Gasteiger partial charge in [0.2, 0.25) is 0 Å². The van der Waals surface area contributed by atoms with Gasteiger partial charge in [0.1, 0.15) is 0 Å². The van der Waals surface area contributed by atoms with Crippen LogP contribution in [-0.2, 0) is 0 Å². The molecule has 0 aliphatic carbocycles. The fourth-order valence-electron chi connectivity index (χ4n) is 3.09. The van der Waals surface area contributed by atoms with Crippen molar-refractivity contribution in [3.8, 4) is 0 Å². The highest BCUT2D eigenvalue weighted by Gasteiger charge is 1.94. The number of hydrogen-bond donors (Lipinski definition) is 2. The van der Waals surface area contributed by atoms with E-state index in [1.807, 2.05) is 0 Å². The van der Waals surface area contributed by atoms with Crippen LogP contribution in [0.4, 0.5) is 0 Å². The molecular formula is C23H52N2. The maximum absolute atomic E-state index is 5.48. The molecule has 0 heterocycles. The second-order valence-electron chi connectivity index (χ2n) is 7.59. The van der Waals surface area contributed by atoms with Crippen molar-refractivity contribution in [2.24, 2.45) is 11.5 Å². The quantitative estimate of drug-likeness (QED) is 0.238. The summed E-state index contributed by atoms with van der Waals surface area (Å²) >= 11 is 0. The van der Waals surface area contributed by atoms with Gasteiger partial charge in [0.15, 0.2) is 0 Å². The molecule has 0 rings (SSSR count). The lowest BCUT2D eigenvalue weighted by Crippen LogP contribution is -1.97. The smallest absolute Gasteiger partial charge is 0.00773 e. The summed E-state index contributed by atoms with van der Waals surface area (Å²) in [5, 5.41) is 0. The van der Waals surface area contributed by atoms with Gasteiger partial charge in [0, 0.05) is 0 Å². The predicted octanol–water partition coefficient (Wildman–Crippen LogP) is 7.34. The van der Waals surface area contributed by atoms with Crippen molar-refractivity contribution in [1.29, 1.82) is 0 Å². The third-order valence-electron chi connectivity index (χ3n) is 4.87. The first-order chi connectivity index (χ1) is 12.3. The minimum absolute atomic E-state index is 0.855. The van der Waals surface area contributed by atoms with E-state index in [0.29, 0.717) is 0 Å². The van der Waals surface area contributed by atoms with E-state index in [0.717, 1.165) is 13.1 Å². The van der Waals surface area contributed by atoms with E-state index in [-0.39, 0.29) is 0 Å². The van der Waals surface area contributed by atoms with Gasteiger partial charge in [-0.3, -0.25) is 0 Å². The third-order valence-corrected chi connectivity index (χ3v) is 4.87. The maximum atomic E-state index is 5.48. The summed E-state index contributed by atoms with van der Waals surface area (Å²) in [5.41, 5.74) is 10.7. The lowest BCUT2D eigenvalue weighted by molar-refractivity contribution is 0.530. The summed E-state index contributed by atoms with van der Waals surface area (Å²) in [6, 6.07) is 0. The van der Waals surface area contributed by atoms with Crippen molar-refractivity contribution >= 4 is 0 Å². The summed E-state index contributed by atoms with van der Waals surface area (Å²) in [5.74, 6) is 0. The second kappa shape index (κ2) is 28.7. The van der Waals surface area contributed by atoms with Crippen LogP contribution < -0.4 is 11.5 Å². The molecule has 4 N–H and O–H groups in total. The Labute approximate surface area is 160 Å². The summed E-state index contributed by atoms with van der Waals surface area (Å²) in [6.45, 7) is 6.19. The molecule has 0 unspecified atom stereocenters. The van der Waals surface area contributed by atoms with Crippen molar-refractivity contribution in [1.82, 2.24) is 0 Å². The molecule has 0 aliphatic heterocycles. The minimum Gasteiger partial charge on any atom is -0.330 e. The Balaban J connectivity index is 0. The van der Waals surface area contributed by atoms with Crippen LogP contribution in [0.1, 0.15) is 136 Å². The average molecular weight is 357 g/mol. The van der Waals surface area contributed by atoms with Gasteiger partial charge < -0.3 is 11.5 Å². The molecule has 0 atom stereocenters. The summed E-state index contributed by atoms with van der Waals surface area (Å²) in [6.07, 6.45) is 26.6. The molecule has 0 aromatic carbocycles. The molecule has 2 nitrogen and oxygen atoms in total. The van der Waals surface area contributed by atoms with Crippen molar-refractivity contribution in [2.45, 2.75) is 136 Å². The summed E-state index contributed by atoms with van der Waals surface area (Å²) < 4.78 is 0. The standard InChI is InChI=1S/C18H39N.C5H13N/c1-2-3-4-5-6-7-8-9-10-11-12-13-14-15-16-17-18-19;1-2-3-4-5-6/h2-19H2,1H3;2-6H2,1H3. The van der Waals surface area contributed by atoms with Crippen LogP contribution >= 0.6 is 0 Å². The number of rotatable bonds is 19. The van der Waals surface area contributed by atoms with Crippen molar-refractivity contribution in [3.63, 3.8) is 0 Å². The normalized spacial score (nSPS) is 10.6. The Morgan fingerprint density at radius 2 is 0.520 bits per heavy atom. The van der Waals surface area contributed by atoms with Crippen molar-refractivity contribution < 1.29 is 0 Å². The Morgan fingerprint density at radius 3 is 0.760 bits per heavy atom. The van der Waals surface area contributed by atoms with Gasteiger partial charge in [0.05, 0.1) is 0 Å². The van der Waals surface area contributed by atoms with Gasteiger partial charge in [-0.2, -0.15) is 0 Å². The van der Waals surface area contributed by atoms with Crippen molar-refractivity contribution in [2.75, 3.05) is 13.1 Å². The van der Waals surface area contributed by atoms with Crippen LogP contribution in [0, 0.1) is 0 Å². The third kappa shape index (κ3) is 32.1. The first kappa shape index (κ1) is 27.1. The fraction of sp³-hybridized carbons (Fsp3) is 1.00. The largest absolute Gasteiger partial charge is 0.330 e. The fourth-order valence-corrected chi connectivity index (χ4v) is 3.09. The highest BCUT2D eigenvalue weighted by Crippen LogP contribution is 2.13. The number of unbranched alkanes of at least 4 members (excludes halogenated alkanes) is 17. The molecule has 0 saturated carbocycles. The number of hydrogen-bond acceptors (Lipinski definition) is 2. The van der Waals surface area contributed by atoms with Crippen LogP contribution in [0.3, 0.4) is 0 Å². The lowest BCUT2D eigenvalue weighted by Gasteiger charge is -2.03. The first-order valence-electron chi connectivity index (χ1n) is 11.7. The minimum atomic E-state index is 0.855. The van der Waals surface area contributed by atoms with Crippen molar-refractivity contribution in [3.05, 3.63) is 0 Å². The van der Waals surface area contributed by atoms with Crippen LogP contribution in [0.25, 0.3) is 0 Å². The van der Waals surface area contributed by atoms with E-state index >= 15 is 0 Å². The summed E-state index contributed by atoms with van der Waals surface area (Å²) in [4.78, 5) is 0. The topological polar surface area (TPSA) is 52.0 Å². The van der Waals surface area contributed by atoms with Crippen LogP contribution in [-0.4, -0.2) is 13.1 Å². The van der Waals surface area contributed by atoms with E-state index in [9.17, 15) is 0 Å². The molecule has 0 aliphatic rings. The number of nitrogens with two attached hydrogens (primary N) is 2. The van der Waals surface area contributed by atoms with Crippen LogP contribution in [0.5, 0.6) is 0 Å². The molecular weight excluding hydrogens is 304 g/mol. The zero-order chi connectivity index (χ0) is 18.8. The predicted molar refractivity (Wildman–Crippen MR) is 117 cm³/mol. The van der Waals surface area contributed by atoms with Gasteiger partial charge in [-0.25, -0.2) is 0 Å². The Bertz CT molecular complexity index is 175. The molecule has 0 amide bonds. The SMILES string of the molecule is CCCCCCCCCCCCCCCCCCN.CCCCCN. The first-order valence-corrected chi connectivity index (χ1v) is 11.7. The maximum Gasteiger partial charge on any atom is -0.00773 e. The van der Waals surface area contributed by atoms with Gasteiger partial charge in [-0.15, -0.1) is 0 Å². The van der Waals surface area contributed by atoms with E-state index in [1.165, 1.54) is 122 Å². The molecule has 0 aromatic heterocycles. The Morgan fingerprint density at radius 1 is 0.320 bits per heavy atom. The Kier molecular flexibility index (Phi) is 31.2. The second-order valence-corrected chi connectivity index (χ2v) is 7.59. The van der Waals surface area contributed by atoms with Gasteiger partial charge >= 0.3 is 0 Å². The molecule has 0 fully saturated rings. The molecule has 0 spiro atoms.